The molecule has 8 heteroatoms. The van der Waals surface area contributed by atoms with Gasteiger partial charge in [-0.15, -0.1) is 0 Å². The van der Waals surface area contributed by atoms with Crippen LogP contribution in [0.3, 0.4) is 0 Å². The van der Waals surface area contributed by atoms with Gasteiger partial charge < -0.3 is 20.3 Å². The lowest BCUT2D eigenvalue weighted by molar-refractivity contribution is -0.668. The van der Waals surface area contributed by atoms with Crippen LogP contribution >= 0.6 is 0 Å². The van der Waals surface area contributed by atoms with E-state index in [2.05, 4.69) is 44.8 Å². The molecule has 0 saturated carbocycles. The van der Waals surface area contributed by atoms with E-state index in [0.717, 1.165) is 56.6 Å². The van der Waals surface area contributed by atoms with Crippen molar-refractivity contribution in [1.82, 2.24) is 20.1 Å². The molecule has 0 unspecified atom stereocenters. The van der Waals surface area contributed by atoms with E-state index in [9.17, 15) is 9.59 Å². The zero-order valence-electron chi connectivity index (χ0n) is 20.1. The summed E-state index contributed by atoms with van der Waals surface area (Å²) < 4.78 is 9.70. The average molecular weight is 445 g/mol. The molecule has 0 radical (unpaired) electrons. The van der Waals surface area contributed by atoms with Crippen LogP contribution < -0.4 is 15.2 Å². The van der Waals surface area contributed by atoms with Gasteiger partial charge in [0.25, 0.3) is 5.91 Å². The summed E-state index contributed by atoms with van der Waals surface area (Å²) in [5.41, 5.74) is 2.44. The van der Waals surface area contributed by atoms with Crippen molar-refractivity contribution in [1.29, 1.82) is 0 Å². The van der Waals surface area contributed by atoms with E-state index in [4.69, 9.17) is 4.74 Å². The van der Waals surface area contributed by atoms with E-state index in [0.29, 0.717) is 12.1 Å². The van der Waals surface area contributed by atoms with Crippen LogP contribution in [0.1, 0.15) is 57.8 Å². The number of hydrogen-bond acceptors (Lipinski definition) is 4. The Bertz CT molecular complexity index is 939. The first kappa shape index (κ1) is 24.0. The van der Waals surface area contributed by atoms with Gasteiger partial charge >= 0.3 is 6.09 Å². The number of benzene rings is 1. The normalized spacial score (nSPS) is 15.7. The van der Waals surface area contributed by atoms with E-state index in [1.54, 1.807) is 0 Å². The molecule has 0 bridgehead atoms. The van der Waals surface area contributed by atoms with Gasteiger partial charge in [-0.05, 0) is 59.6 Å². The number of fused-ring (bicyclic) bond motifs is 1. The van der Waals surface area contributed by atoms with Crippen molar-refractivity contribution in [3.05, 3.63) is 30.1 Å². The van der Waals surface area contributed by atoms with Crippen LogP contribution in [0.2, 0.25) is 0 Å². The maximum absolute atomic E-state index is 12.7. The lowest BCUT2D eigenvalue weighted by Crippen LogP contribution is -2.47. The summed E-state index contributed by atoms with van der Waals surface area (Å²) in [5.74, 6) is -0.0414. The highest BCUT2D eigenvalue weighted by molar-refractivity contribution is 5.97. The molecule has 1 aliphatic rings. The van der Waals surface area contributed by atoms with E-state index >= 15 is 0 Å². The van der Waals surface area contributed by atoms with Crippen LogP contribution in [-0.2, 0) is 17.8 Å². The van der Waals surface area contributed by atoms with Crippen molar-refractivity contribution in [3.8, 4) is 0 Å². The van der Waals surface area contributed by atoms with Crippen molar-refractivity contribution in [2.75, 3.05) is 26.2 Å². The van der Waals surface area contributed by atoms with Crippen LogP contribution in [0.5, 0.6) is 0 Å². The predicted octanol–water partition coefficient (Wildman–Crippen LogP) is 2.69. The molecule has 1 fully saturated rings. The number of carbonyl (C=O) groups excluding carboxylic acids is 2. The number of imidazole rings is 1. The second-order valence-electron chi connectivity index (χ2n) is 9.41. The third kappa shape index (κ3) is 6.22. The van der Waals surface area contributed by atoms with Gasteiger partial charge in [0.1, 0.15) is 5.60 Å². The Morgan fingerprint density at radius 1 is 1.19 bits per heavy atom. The second-order valence-corrected chi connectivity index (χ2v) is 9.41. The Hall–Kier alpha value is -2.61. The number of alkyl carbamates (subject to hydrolysis) is 1. The Labute approximate surface area is 190 Å². The van der Waals surface area contributed by atoms with Crippen LogP contribution in [0, 0.1) is 0 Å². The number of aromatic nitrogens is 2. The molecule has 1 aromatic heterocycles. The number of likely N-dealkylation sites (tertiary alicyclic amines) is 1. The van der Waals surface area contributed by atoms with E-state index in [1.807, 2.05) is 39.0 Å². The Kier molecular flexibility index (Phi) is 7.77. The highest BCUT2D eigenvalue weighted by atomic mass is 16.6. The second kappa shape index (κ2) is 10.3. The fraction of sp³-hybridized carbons (Fsp3) is 0.625. The molecule has 2 heterocycles. The molecule has 2 aromatic rings. The first-order chi connectivity index (χ1) is 15.2. The lowest BCUT2D eigenvalue weighted by atomic mass is 10.1. The summed E-state index contributed by atoms with van der Waals surface area (Å²) in [7, 11) is 0. The summed E-state index contributed by atoms with van der Waals surface area (Å²) in [4.78, 5) is 26.9. The molecule has 32 heavy (non-hydrogen) atoms. The molecule has 0 aliphatic carbocycles. The SMILES string of the molecule is CCn1c[n+](CC)c2ccc(C(=O)NCCN3CCC(NC(=O)OC(C)(C)C)CC3)cc21. The summed E-state index contributed by atoms with van der Waals surface area (Å²) in [6, 6.07) is 6.05. The molecule has 2 N–H and O–H groups in total. The Morgan fingerprint density at radius 2 is 1.91 bits per heavy atom. The minimum absolute atomic E-state index is 0.0414. The first-order valence-electron chi connectivity index (χ1n) is 11.7. The average Bonchev–Trinajstić information content (AvgIpc) is 3.10. The monoisotopic (exact) mass is 444 g/mol. The van der Waals surface area contributed by atoms with Gasteiger partial charge in [-0.3, -0.25) is 4.79 Å². The van der Waals surface area contributed by atoms with Gasteiger partial charge in [-0.2, -0.15) is 0 Å². The zero-order valence-corrected chi connectivity index (χ0v) is 20.1. The third-order valence-corrected chi connectivity index (χ3v) is 5.84. The third-order valence-electron chi connectivity index (χ3n) is 5.84. The minimum atomic E-state index is -0.482. The minimum Gasteiger partial charge on any atom is -0.444 e. The number of aryl methyl sites for hydroxylation is 2. The molecule has 2 amide bonds. The zero-order chi connectivity index (χ0) is 23.3. The number of amides is 2. The molecule has 8 nitrogen and oxygen atoms in total. The highest BCUT2D eigenvalue weighted by Crippen LogP contribution is 2.15. The van der Waals surface area contributed by atoms with Crippen molar-refractivity contribution in [2.24, 2.45) is 0 Å². The number of hydrogen-bond donors (Lipinski definition) is 2. The van der Waals surface area contributed by atoms with Gasteiger partial charge in [0.2, 0.25) is 6.33 Å². The number of rotatable bonds is 7. The van der Waals surface area contributed by atoms with Crippen molar-refractivity contribution < 1.29 is 18.9 Å². The number of piperidine rings is 1. The van der Waals surface area contributed by atoms with Gasteiger partial charge in [0, 0.05) is 43.9 Å². The van der Waals surface area contributed by atoms with Gasteiger partial charge in [-0.25, -0.2) is 13.9 Å². The molecule has 1 aromatic carbocycles. The molecule has 1 saturated heterocycles. The van der Waals surface area contributed by atoms with E-state index < -0.39 is 5.60 Å². The number of nitrogens with one attached hydrogen (secondary N) is 2. The van der Waals surface area contributed by atoms with Crippen LogP contribution in [0.25, 0.3) is 11.0 Å². The lowest BCUT2D eigenvalue weighted by Gasteiger charge is -2.32. The maximum Gasteiger partial charge on any atom is 0.407 e. The molecular formula is C24H38N5O3+. The molecule has 0 atom stereocenters. The fourth-order valence-corrected chi connectivity index (χ4v) is 4.14. The number of ether oxygens (including phenoxy) is 1. The molecule has 176 valence electrons. The first-order valence-corrected chi connectivity index (χ1v) is 11.7. The number of carbonyl (C=O) groups is 2. The van der Waals surface area contributed by atoms with Crippen molar-refractivity contribution in [2.45, 2.75) is 72.2 Å². The summed E-state index contributed by atoms with van der Waals surface area (Å²) >= 11 is 0. The summed E-state index contributed by atoms with van der Waals surface area (Å²) in [5, 5.41) is 6.01. The van der Waals surface area contributed by atoms with Gasteiger partial charge in [-0.1, -0.05) is 0 Å². The number of nitrogens with zero attached hydrogens (tertiary/aromatic N) is 3. The van der Waals surface area contributed by atoms with Crippen LogP contribution in [-0.4, -0.2) is 59.3 Å². The Morgan fingerprint density at radius 3 is 2.53 bits per heavy atom. The van der Waals surface area contributed by atoms with E-state index in [1.165, 1.54) is 0 Å². The quantitative estimate of drug-likeness (QED) is 0.644. The highest BCUT2D eigenvalue weighted by Gasteiger charge is 2.23. The standard InChI is InChI=1S/C24H37N5O3/c1-6-28-17-29(7-2)21-16-18(8-9-20(21)28)22(30)25-12-15-27-13-10-19(11-14-27)26-23(31)32-24(3,4)5/h8-9,16-17,19H,6-7,10-15H2,1-5H3,(H-,25,26,30,31)/p+1. The van der Waals surface area contributed by atoms with Gasteiger partial charge in [0.15, 0.2) is 11.0 Å². The maximum atomic E-state index is 12.7. The van der Waals surface area contributed by atoms with Crippen LogP contribution in [0.15, 0.2) is 24.5 Å². The fourth-order valence-electron chi connectivity index (χ4n) is 4.14. The summed E-state index contributed by atoms with van der Waals surface area (Å²) in [6.07, 6.45) is 3.52. The smallest absolute Gasteiger partial charge is 0.407 e. The van der Waals surface area contributed by atoms with Gasteiger partial charge in [0.05, 0.1) is 13.1 Å². The van der Waals surface area contributed by atoms with Crippen molar-refractivity contribution in [3.63, 3.8) is 0 Å². The topological polar surface area (TPSA) is 79.5 Å². The molecular weight excluding hydrogens is 406 g/mol. The molecule has 3 rings (SSSR count). The summed E-state index contributed by atoms with van der Waals surface area (Å²) in [6.45, 7) is 14.8. The predicted molar refractivity (Wildman–Crippen MR) is 125 cm³/mol. The van der Waals surface area contributed by atoms with E-state index in [-0.39, 0.29) is 18.0 Å². The van der Waals surface area contributed by atoms with Crippen LogP contribution in [0.4, 0.5) is 4.79 Å². The molecule has 0 spiro atoms. The largest absolute Gasteiger partial charge is 0.444 e. The van der Waals surface area contributed by atoms with Crippen molar-refractivity contribution >= 4 is 23.0 Å². The molecule has 1 aliphatic heterocycles. The Balaban J connectivity index is 1.44.